The molecule has 0 spiro atoms. The van der Waals surface area contributed by atoms with Gasteiger partial charge in [0.1, 0.15) is 0 Å². The molecule has 2 saturated heterocycles. The smallest absolute Gasteiger partial charge is 0.191 e. The van der Waals surface area contributed by atoms with E-state index in [1.807, 2.05) is 11.8 Å². The molecular weight excluding hydrogens is 304 g/mol. The first-order chi connectivity index (χ1) is 11.2. The van der Waals surface area contributed by atoms with E-state index in [1.165, 1.54) is 23.5 Å². The van der Waals surface area contributed by atoms with Gasteiger partial charge in [0.15, 0.2) is 5.96 Å². The summed E-state index contributed by atoms with van der Waals surface area (Å²) in [6.07, 6.45) is 1.22. The van der Waals surface area contributed by atoms with Gasteiger partial charge in [-0.15, -0.1) is 0 Å². The zero-order chi connectivity index (χ0) is 16.1. The highest BCUT2D eigenvalue weighted by molar-refractivity contribution is 7.99. The summed E-state index contributed by atoms with van der Waals surface area (Å²) in [6, 6.07) is 11.4. The van der Waals surface area contributed by atoms with Crippen molar-refractivity contribution in [3.63, 3.8) is 0 Å². The second-order valence-electron chi connectivity index (χ2n) is 6.66. The summed E-state index contributed by atoms with van der Waals surface area (Å²) >= 11 is 2.00. The highest BCUT2D eigenvalue weighted by atomic mass is 32.2. The van der Waals surface area contributed by atoms with E-state index in [1.54, 1.807) is 0 Å². The van der Waals surface area contributed by atoms with Crippen molar-refractivity contribution in [3.8, 4) is 0 Å². The van der Waals surface area contributed by atoms with Crippen LogP contribution in [0, 0.1) is 5.92 Å². The van der Waals surface area contributed by atoms with Crippen molar-refractivity contribution in [1.29, 1.82) is 0 Å². The van der Waals surface area contributed by atoms with Crippen LogP contribution in [0.15, 0.2) is 35.3 Å². The van der Waals surface area contributed by atoms with Crippen molar-refractivity contribution < 1.29 is 0 Å². The zero-order valence-corrected chi connectivity index (χ0v) is 14.8. The third kappa shape index (κ3) is 4.64. The maximum Gasteiger partial charge on any atom is 0.191 e. The summed E-state index contributed by atoms with van der Waals surface area (Å²) in [4.78, 5) is 9.50. The number of guanidine groups is 1. The van der Waals surface area contributed by atoms with Gasteiger partial charge >= 0.3 is 0 Å². The third-order valence-electron chi connectivity index (χ3n) is 4.87. The van der Waals surface area contributed by atoms with Gasteiger partial charge < -0.3 is 10.6 Å². The normalized spacial score (nSPS) is 26.7. The largest absolute Gasteiger partial charge is 0.370 e. The molecule has 2 atom stereocenters. The second kappa shape index (κ2) is 8.06. The van der Waals surface area contributed by atoms with Crippen molar-refractivity contribution >= 4 is 17.7 Å². The fourth-order valence-electron chi connectivity index (χ4n) is 3.50. The lowest BCUT2D eigenvalue weighted by atomic mass is 10.1. The van der Waals surface area contributed by atoms with E-state index in [2.05, 4.69) is 47.1 Å². The summed E-state index contributed by atoms with van der Waals surface area (Å²) in [5.41, 5.74) is 7.57. The lowest BCUT2D eigenvalue weighted by molar-refractivity contribution is 0.256. The van der Waals surface area contributed by atoms with Gasteiger partial charge in [0.2, 0.25) is 0 Å². The number of nitrogens with two attached hydrogens (primary N) is 1. The van der Waals surface area contributed by atoms with Gasteiger partial charge in [-0.2, -0.15) is 11.8 Å². The monoisotopic (exact) mass is 332 g/mol. The number of likely N-dealkylation sites (tertiary alicyclic amines) is 1. The SMILES string of the molecule is C[C@H]1C[C@@H](CN=C(N)N2CCSCC2)CN1Cc1ccccc1. The van der Waals surface area contributed by atoms with Gasteiger partial charge in [0, 0.05) is 50.3 Å². The van der Waals surface area contributed by atoms with Crippen LogP contribution in [0.5, 0.6) is 0 Å². The minimum absolute atomic E-state index is 0.628. The third-order valence-corrected chi connectivity index (χ3v) is 5.81. The average Bonchev–Trinajstić information content (AvgIpc) is 2.94. The van der Waals surface area contributed by atoms with Crippen LogP contribution >= 0.6 is 11.8 Å². The molecule has 2 aliphatic rings. The molecule has 0 bridgehead atoms. The number of hydrogen-bond acceptors (Lipinski definition) is 3. The standard InChI is InChI=1S/C18H28N4S/c1-15-11-17(12-20-18(19)21-7-9-23-10-8-21)14-22(15)13-16-5-3-2-4-6-16/h2-6,15,17H,7-14H2,1H3,(H2,19,20)/t15-,17-/m0/s1. The highest BCUT2D eigenvalue weighted by Gasteiger charge is 2.28. The van der Waals surface area contributed by atoms with Crippen LogP contribution < -0.4 is 5.73 Å². The maximum absolute atomic E-state index is 6.17. The molecule has 0 radical (unpaired) electrons. The molecule has 2 N–H and O–H groups in total. The molecular formula is C18H28N4S. The molecule has 0 unspecified atom stereocenters. The Hall–Kier alpha value is -1.20. The molecule has 1 aromatic rings. The van der Waals surface area contributed by atoms with Crippen molar-refractivity contribution in [1.82, 2.24) is 9.80 Å². The summed E-state index contributed by atoms with van der Waals surface area (Å²) in [6.45, 7) is 7.45. The maximum atomic E-state index is 6.17. The Kier molecular flexibility index (Phi) is 5.84. The molecule has 1 aromatic carbocycles. The molecule has 0 aliphatic carbocycles. The van der Waals surface area contributed by atoms with E-state index >= 15 is 0 Å². The quantitative estimate of drug-likeness (QED) is 0.678. The molecule has 0 amide bonds. The topological polar surface area (TPSA) is 44.9 Å². The van der Waals surface area contributed by atoms with Gasteiger partial charge in [-0.25, -0.2) is 0 Å². The number of thioether (sulfide) groups is 1. The first-order valence-corrected chi connectivity index (χ1v) is 9.78. The Labute approximate surface area is 144 Å². The van der Waals surface area contributed by atoms with Gasteiger partial charge in [-0.3, -0.25) is 9.89 Å². The zero-order valence-electron chi connectivity index (χ0n) is 14.0. The van der Waals surface area contributed by atoms with Crippen LogP contribution in [0.1, 0.15) is 18.9 Å². The first kappa shape index (κ1) is 16.7. The fraction of sp³-hybridized carbons (Fsp3) is 0.611. The van der Waals surface area contributed by atoms with E-state index in [0.717, 1.165) is 38.7 Å². The Morgan fingerprint density at radius 1 is 1.26 bits per heavy atom. The molecule has 126 valence electrons. The Bertz CT molecular complexity index is 513. The number of hydrogen-bond donors (Lipinski definition) is 1. The lowest BCUT2D eigenvalue weighted by Gasteiger charge is -2.27. The average molecular weight is 333 g/mol. The predicted octanol–water partition coefficient (Wildman–Crippen LogP) is 2.26. The molecule has 2 fully saturated rings. The summed E-state index contributed by atoms with van der Waals surface area (Å²) < 4.78 is 0. The second-order valence-corrected chi connectivity index (χ2v) is 7.89. The molecule has 0 aromatic heterocycles. The predicted molar refractivity (Wildman–Crippen MR) is 99.8 cm³/mol. The highest BCUT2D eigenvalue weighted by Crippen LogP contribution is 2.25. The van der Waals surface area contributed by atoms with E-state index in [0.29, 0.717) is 12.0 Å². The number of rotatable bonds is 4. The fourth-order valence-corrected chi connectivity index (χ4v) is 4.41. The molecule has 3 rings (SSSR count). The van der Waals surface area contributed by atoms with Crippen LogP contribution in [0.2, 0.25) is 0 Å². The van der Waals surface area contributed by atoms with Crippen LogP contribution in [0.3, 0.4) is 0 Å². The van der Waals surface area contributed by atoms with E-state index in [9.17, 15) is 0 Å². The van der Waals surface area contributed by atoms with Crippen molar-refractivity contribution in [2.45, 2.75) is 25.9 Å². The van der Waals surface area contributed by atoms with Gasteiger partial charge in [0.05, 0.1) is 0 Å². The summed E-state index contributed by atoms with van der Waals surface area (Å²) in [7, 11) is 0. The van der Waals surface area contributed by atoms with Crippen LogP contribution in [0.25, 0.3) is 0 Å². The lowest BCUT2D eigenvalue weighted by Crippen LogP contribution is -2.43. The van der Waals surface area contributed by atoms with Crippen molar-refractivity contribution in [3.05, 3.63) is 35.9 Å². The summed E-state index contributed by atoms with van der Waals surface area (Å²) in [5.74, 6) is 3.72. The minimum Gasteiger partial charge on any atom is -0.370 e. The molecule has 2 aliphatic heterocycles. The Balaban J connectivity index is 1.50. The first-order valence-electron chi connectivity index (χ1n) is 8.63. The van der Waals surface area contributed by atoms with Crippen molar-refractivity contribution in [2.75, 3.05) is 37.7 Å². The number of nitrogens with zero attached hydrogens (tertiary/aromatic N) is 3. The van der Waals surface area contributed by atoms with Gasteiger partial charge in [-0.05, 0) is 24.8 Å². The number of benzene rings is 1. The van der Waals surface area contributed by atoms with Crippen LogP contribution in [-0.4, -0.2) is 59.5 Å². The molecule has 2 heterocycles. The van der Waals surface area contributed by atoms with Gasteiger partial charge in [-0.1, -0.05) is 30.3 Å². The molecule has 23 heavy (non-hydrogen) atoms. The van der Waals surface area contributed by atoms with E-state index in [-0.39, 0.29) is 0 Å². The van der Waals surface area contributed by atoms with Gasteiger partial charge in [0.25, 0.3) is 0 Å². The number of aliphatic imine (C=N–C) groups is 1. The van der Waals surface area contributed by atoms with E-state index < -0.39 is 0 Å². The molecule has 0 saturated carbocycles. The van der Waals surface area contributed by atoms with Crippen LogP contribution in [-0.2, 0) is 6.54 Å². The van der Waals surface area contributed by atoms with E-state index in [4.69, 9.17) is 10.7 Å². The Morgan fingerprint density at radius 3 is 2.74 bits per heavy atom. The summed E-state index contributed by atoms with van der Waals surface area (Å²) in [5, 5.41) is 0. The molecule has 5 heteroatoms. The Morgan fingerprint density at radius 2 is 2.00 bits per heavy atom. The molecule has 4 nitrogen and oxygen atoms in total. The van der Waals surface area contributed by atoms with Crippen LogP contribution in [0.4, 0.5) is 0 Å². The van der Waals surface area contributed by atoms with Crippen molar-refractivity contribution in [2.24, 2.45) is 16.6 Å². The minimum atomic E-state index is 0.628.